The van der Waals surface area contributed by atoms with E-state index >= 15 is 0 Å². The maximum Gasteiger partial charge on any atom is 0.148 e. The van der Waals surface area contributed by atoms with Crippen LogP contribution in [0.2, 0.25) is 0 Å². The fraction of sp³-hybridized carbons (Fsp3) is 0. The van der Waals surface area contributed by atoms with Crippen LogP contribution in [0.1, 0.15) is 0 Å². The van der Waals surface area contributed by atoms with Crippen molar-refractivity contribution in [2.75, 3.05) is 0 Å². The summed E-state index contributed by atoms with van der Waals surface area (Å²) in [5, 5.41) is 8.60. The number of H-pyrrole nitrogens is 1. The van der Waals surface area contributed by atoms with Gasteiger partial charge in [-0.05, 0) is 53.9 Å². The number of imidazole rings is 1. The molecule has 0 aliphatic rings. The van der Waals surface area contributed by atoms with Crippen molar-refractivity contribution in [3.05, 3.63) is 127 Å². The van der Waals surface area contributed by atoms with Crippen molar-refractivity contribution >= 4 is 82.0 Å². The monoisotopic (exact) mass is 522 g/mol. The zero-order chi connectivity index (χ0) is 26.7. The molecule has 0 spiro atoms. The molecule has 10 aromatic rings. The molecule has 41 heavy (non-hydrogen) atoms. The summed E-state index contributed by atoms with van der Waals surface area (Å²) in [7, 11) is 0. The van der Waals surface area contributed by atoms with Crippen molar-refractivity contribution in [2.45, 2.75) is 0 Å². The number of para-hydroxylation sites is 5. The van der Waals surface area contributed by atoms with E-state index in [4.69, 9.17) is 4.98 Å². The van der Waals surface area contributed by atoms with E-state index in [9.17, 15) is 0 Å². The third-order valence-electron chi connectivity index (χ3n) is 8.79. The Labute approximate surface area is 233 Å². The van der Waals surface area contributed by atoms with Gasteiger partial charge in [-0.2, -0.15) is 0 Å². The maximum absolute atomic E-state index is 5.32. The van der Waals surface area contributed by atoms with Crippen LogP contribution in [0.3, 0.4) is 0 Å². The van der Waals surface area contributed by atoms with Crippen LogP contribution in [0.15, 0.2) is 127 Å². The number of pyridine rings is 1. The smallest absolute Gasteiger partial charge is 0.148 e. The molecule has 6 aromatic carbocycles. The second-order valence-electron chi connectivity index (χ2n) is 10.9. The van der Waals surface area contributed by atoms with Gasteiger partial charge in [0.05, 0.1) is 33.0 Å². The maximum atomic E-state index is 5.32. The van der Waals surface area contributed by atoms with Gasteiger partial charge in [0.25, 0.3) is 0 Å². The number of rotatable bonds is 1. The molecule has 10 rings (SSSR count). The third-order valence-corrected chi connectivity index (χ3v) is 8.79. The summed E-state index contributed by atoms with van der Waals surface area (Å²) < 4.78 is 4.80. The predicted octanol–water partition coefficient (Wildman–Crippen LogP) is 9.53. The fourth-order valence-corrected chi connectivity index (χ4v) is 7.16. The average Bonchev–Trinajstić information content (AvgIpc) is 3.71. The van der Waals surface area contributed by atoms with Crippen LogP contribution < -0.4 is 0 Å². The van der Waals surface area contributed by atoms with E-state index in [1.54, 1.807) is 0 Å². The Balaban J connectivity index is 1.59. The Kier molecular flexibility index (Phi) is 3.90. The molecule has 4 nitrogen and oxygen atoms in total. The van der Waals surface area contributed by atoms with E-state index in [-0.39, 0.29) is 0 Å². The molecule has 0 amide bonds. The van der Waals surface area contributed by atoms with Gasteiger partial charge in [-0.1, -0.05) is 78.9 Å². The number of hydrogen-bond donors (Lipinski definition) is 1. The second-order valence-corrected chi connectivity index (χ2v) is 10.9. The van der Waals surface area contributed by atoms with Crippen LogP contribution in [0.4, 0.5) is 0 Å². The van der Waals surface area contributed by atoms with Crippen LogP contribution in [-0.4, -0.2) is 18.9 Å². The van der Waals surface area contributed by atoms with Crippen molar-refractivity contribution in [1.82, 2.24) is 18.9 Å². The number of aromatic amines is 1. The first kappa shape index (κ1) is 21.2. The average molecular weight is 523 g/mol. The molecule has 4 heteroatoms. The molecular formula is C37H22N4. The first-order valence-corrected chi connectivity index (χ1v) is 14.0. The highest BCUT2D eigenvalue weighted by molar-refractivity contribution is 6.33. The summed E-state index contributed by atoms with van der Waals surface area (Å²) in [6, 6.07) is 45.7. The van der Waals surface area contributed by atoms with E-state index in [1.165, 1.54) is 54.3 Å². The van der Waals surface area contributed by atoms with E-state index in [0.717, 1.165) is 33.4 Å². The van der Waals surface area contributed by atoms with Gasteiger partial charge < -0.3 is 9.55 Å². The zero-order valence-corrected chi connectivity index (χ0v) is 22.0. The van der Waals surface area contributed by atoms with E-state index < -0.39 is 0 Å². The lowest BCUT2D eigenvalue weighted by molar-refractivity contribution is 1.18. The van der Waals surface area contributed by atoms with Gasteiger partial charge in [0.2, 0.25) is 0 Å². The Bertz CT molecular complexity index is 2690. The van der Waals surface area contributed by atoms with E-state index in [1.807, 2.05) is 0 Å². The Morgan fingerprint density at radius 1 is 0.463 bits per heavy atom. The fourth-order valence-electron chi connectivity index (χ4n) is 7.16. The van der Waals surface area contributed by atoms with Crippen molar-refractivity contribution < 1.29 is 0 Å². The summed E-state index contributed by atoms with van der Waals surface area (Å²) in [5.74, 6) is 0. The first-order valence-electron chi connectivity index (χ1n) is 14.0. The van der Waals surface area contributed by atoms with Gasteiger partial charge in [0.1, 0.15) is 5.65 Å². The Hall–Kier alpha value is -5.61. The minimum absolute atomic E-state index is 0.985. The summed E-state index contributed by atoms with van der Waals surface area (Å²) in [6.45, 7) is 0. The number of nitrogens with zero attached hydrogens (tertiary/aromatic N) is 3. The zero-order valence-electron chi connectivity index (χ0n) is 22.0. The summed E-state index contributed by atoms with van der Waals surface area (Å²) in [4.78, 5) is 9.00. The molecular weight excluding hydrogens is 500 g/mol. The van der Waals surface area contributed by atoms with Crippen LogP contribution in [0, 0.1) is 0 Å². The van der Waals surface area contributed by atoms with Crippen LogP contribution in [0.5, 0.6) is 0 Å². The molecule has 0 fully saturated rings. The molecule has 0 aliphatic carbocycles. The molecule has 0 aliphatic heterocycles. The highest BCUT2D eigenvalue weighted by Gasteiger charge is 2.22. The van der Waals surface area contributed by atoms with E-state index in [0.29, 0.717) is 0 Å². The lowest BCUT2D eigenvalue weighted by Gasteiger charge is -2.14. The van der Waals surface area contributed by atoms with Crippen molar-refractivity contribution in [2.24, 2.45) is 0 Å². The summed E-state index contributed by atoms with van der Waals surface area (Å²) in [6.07, 6.45) is 0. The SMILES string of the molecule is c1ccc(-n2c3ccccc3c3ccc4c5c6c(ccc5n5c7ccccc7nc5c4c32)[nH]c2ccccc26)cc1. The number of aromatic nitrogens is 4. The number of fused-ring (bicyclic) bond motifs is 16. The van der Waals surface area contributed by atoms with Crippen molar-refractivity contribution in [1.29, 1.82) is 0 Å². The van der Waals surface area contributed by atoms with Gasteiger partial charge in [-0.3, -0.25) is 4.40 Å². The van der Waals surface area contributed by atoms with Crippen LogP contribution in [0.25, 0.3) is 87.7 Å². The lowest BCUT2D eigenvalue weighted by atomic mass is 9.98. The Morgan fingerprint density at radius 3 is 2.10 bits per heavy atom. The molecule has 190 valence electrons. The number of nitrogens with one attached hydrogen (secondary N) is 1. The highest BCUT2D eigenvalue weighted by Crippen LogP contribution is 2.44. The molecule has 0 radical (unpaired) electrons. The molecule has 4 aromatic heterocycles. The molecule has 0 bridgehead atoms. The molecule has 0 unspecified atom stereocenters. The highest BCUT2D eigenvalue weighted by atomic mass is 15.0. The lowest BCUT2D eigenvalue weighted by Crippen LogP contribution is -1.97. The number of benzene rings is 6. The predicted molar refractivity (Wildman–Crippen MR) is 171 cm³/mol. The van der Waals surface area contributed by atoms with Gasteiger partial charge in [0.15, 0.2) is 0 Å². The number of hydrogen-bond acceptors (Lipinski definition) is 1. The third kappa shape index (κ3) is 2.62. The van der Waals surface area contributed by atoms with Crippen LogP contribution >= 0.6 is 0 Å². The molecule has 0 saturated heterocycles. The van der Waals surface area contributed by atoms with Crippen LogP contribution in [-0.2, 0) is 0 Å². The minimum atomic E-state index is 0.985. The van der Waals surface area contributed by atoms with E-state index in [2.05, 4.69) is 141 Å². The first-order chi connectivity index (χ1) is 20.4. The standard InChI is InChI=1S/C37H22N4/c1-2-10-22(11-3-1)40-30-16-8-5-12-23(30)24-18-19-26-34-32(21-20-29-33(34)25-13-4-6-14-27(25)38-29)41-31-17-9-7-15-28(31)39-37(41)35(26)36(24)40/h1-21,38H. The van der Waals surface area contributed by atoms with Gasteiger partial charge in [0, 0.05) is 43.7 Å². The second kappa shape index (κ2) is 7.52. The minimum Gasteiger partial charge on any atom is -0.354 e. The quantitative estimate of drug-likeness (QED) is 0.214. The Morgan fingerprint density at radius 2 is 1.20 bits per heavy atom. The van der Waals surface area contributed by atoms with Gasteiger partial charge in [-0.25, -0.2) is 4.98 Å². The van der Waals surface area contributed by atoms with Gasteiger partial charge >= 0.3 is 0 Å². The van der Waals surface area contributed by atoms with Crippen molar-refractivity contribution in [3.8, 4) is 5.69 Å². The van der Waals surface area contributed by atoms with Gasteiger partial charge in [-0.15, -0.1) is 0 Å². The van der Waals surface area contributed by atoms with Crippen molar-refractivity contribution in [3.63, 3.8) is 0 Å². The topological polar surface area (TPSA) is 38.0 Å². The molecule has 0 saturated carbocycles. The molecule has 0 atom stereocenters. The molecule has 4 heterocycles. The molecule has 1 N–H and O–H groups in total. The normalized spacial score (nSPS) is 12.4. The summed E-state index contributed by atoms with van der Waals surface area (Å²) in [5.41, 5.74) is 10.1. The largest absolute Gasteiger partial charge is 0.354 e. The summed E-state index contributed by atoms with van der Waals surface area (Å²) >= 11 is 0.